The minimum absolute atomic E-state index is 0.00696. The van der Waals surface area contributed by atoms with Crippen molar-refractivity contribution in [3.05, 3.63) is 24.3 Å². The second-order valence-corrected chi connectivity index (χ2v) is 23.2. The summed E-state index contributed by atoms with van der Waals surface area (Å²) in [5.41, 5.74) is 0. The van der Waals surface area contributed by atoms with Gasteiger partial charge < -0.3 is 20.3 Å². The SMILES string of the molecule is CCCCCCCCCCCCCCCCCCCCCCCCC/C=C/C(O)C(CO)NC(=O)CCCCCCCCC/C=C\CCCCCCCCCCCOC(=O)CCCCCCCCCCCCCC. The van der Waals surface area contributed by atoms with Gasteiger partial charge in [0.1, 0.15) is 0 Å². The van der Waals surface area contributed by atoms with Gasteiger partial charge in [0.2, 0.25) is 5.91 Å². The Kier molecular flexibility index (Phi) is 62.4. The lowest BCUT2D eigenvalue weighted by Gasteiger charge is -2.20. The molecule has 0 saturated carbocycles. The fourth-order valence-corrected chi connectivity index (χ4v) is 10.6. The number of hydrogen-bond acceptors (Lipinski definition) is 5. The number of rotatable bonds is 63. The van der Waals surface area contributed by atoms with Crippen LogP contribution < -0.4 is 5.32 Å². The number of aliphatic hydroxyl groups excluding tert-OH is 2. The summed E-state index contributed by atoms with van der Waals surface area (Å²) in [7, 11) is 0. The maximum Gasteiger partial charge on any atom is 0.305 e. The first-order valence-corrected chi connectivity index (χ1v) is 33.6. The van der Waals surface area contributed by atoms with Crippen molar-refractivity contribution in [3.63, 3.8) is 0 Å². The number of aliphatic hydroxyl groups is 2. The molecule has 2 atom stereocenters. The van der Waals surface area contributed by atoms with Crippen molar-refractivity contribution in [2.75, 3.05) is 13.2 Å². The zero-order valence-corrected chi connectivity index (χ0v) is 50.1. The van der Waals surface area contributed by atoms with Gasteiger partial charge in [0, 0.05) is 12.8 Å². The molecule has 0 aromatic rings. The van der Waals surface area contributed by atoms with E-state index in [4.69, 9.17) is 4.74 Å². The largest absolute Gasteiger partial charge is 0.466 e. The molecular formula is C68H131NO5. The quantitative estimate of drug-likeness (QED) is 0.0320. The Balaban J connectivity index is 3.46. The van der Waals surface area contributed by atoms with Crippen molar-refractivity contribution in [1.82, 2.24) is 5.32 Å². The van der Waals surface area contributed by atoms with Crippen molar-refractivity contribution in [3.8, 4) is 0 Å². The summed E-state index contributed by atoms with van der Waals surface area (Å²) < 4.78 is 5.47. The molecule has 0 bridgehead atoms. The van der Waals surface area contributed by atoms with Crippen LogP contribution >= 0.6 is 0 Å². The van der Waals surface area contributed by atoms with Gasteiger partial charge in [0.25, 0.3) is 0 Å². The highest BCUT2D eigenvalue weighted by Crippen LogP contribution is 2.18. The first-order chi connectivity index (χ1) is 36.5. The summed E-state index contributed by atoms with van der Waals surface area (Å²) in [5, 5.41) is 23.3. The van der Waals surface area contributed by atoms with Crippen LogP contribution in [0.25, 0.3) is 0 Å². The van der Waals surface area contributed by atoms with Gasteiger partial charge in [-0.25, -0.2) is 0 Å². The number of unbranched alkanes of at least 4 members (excludes halogenated alkanes) is 50. The first-order valence-electron chi connectivity index (χ1n) is 33.6. The molecule has 0 aliphatic heterocycles. The Bertz CT molecular complexity index is 1150. The van der Waals surface area contributed by atoms with E-state index in [0.717, 1.165) is 44.9 Å². The molecule has 0 saturated heterocycles. The van der Waals surface area contributed by atoms with E-state index in [0.29, 0.717) is 19.4 Å². The third kappa shape index (κ3) is 59.6. The molecule has 0 radical (unpaired) electrons. The van der Waals surface area contributed by atoms with Crippen LogP contribution in [0, 0.1) is 0 Å². The number of esters is 1. The molecule has 0 heterocycles. The third-order valence-electron chi connectivity index (χ3n) is 15.7. The van der Waals surface area contributed by atoms with Gasteiger partial charge in [-0.3, -0.25) is 9.59 Å². The summed E-state index contributed by atoms with van der Waals surface area (Å²) in [6, 6.07) is -0.635. The molecule has 438 valence electrons. The topological polar surface area (TPSA) is 95.9 Å². The smallest absolute Gasteiger partial charge is 0.305 e. The van der Waals surface area contributed by atoms with E-state index < -0.39 is 12.1 Å². The monoisotopic (exact) mass is 1040 g/mol. The van der Waals surface area contributed by atoms with E-state index in [-0.39, 0.29) is 18.5 Å². The lowest BCUT2D eigenvalue weighted by molar-refractivity contribution is -0.143. The second-order valence-electron chi connectivity index (χ2n) is 23.2. The first kappa shape index (κ1) is 72.3. The van der Waals surface area contributed by atoms with Crippen LogP contribution in [0.4, 0.5) is 0 Å². The molecule has 2 unspecified atom stereocenters. The molecule has 6 nitrogen and oxygen atoms in total. The summed E-state index contributed by atoms with van der Waals surface area (Å²) in [6.07, 6.45) is 79.5. The minimum Gasteiger partial charge on any atom is -0.466 e. The van der Waals surface area contributed by atoms with E-state index in [1.54, 1.807) is 6.08 Å². The highest BCUT2D eigenvalue weighted by atomic mass is 16.5. The van der Waals surface area contributed by atoms with Crippen molar-refractivity contribution < 1.29 is 24.5 Å². The third-order valence-corrected chi connectivity index (χ3v) is 15.7. The summed E-state index contributed by atoms with van der Waals surface area (Å²) >= 11 is 0. The lowest BCUT2D eigenvalue weighted by atomic mass is 10.0. The van der Waals surface area contributed by atoms with Crippen LogP contribution in [0.1, 0.15) is 373 Å². The number of carbonyl (C=O) groups excluding carboxylic acids is 2. The van der Waals surface area contributed by atoms with E-state index in [1.165, 1.54) is 302 Å². The zero-order chi connectivity index (χ0) is 53.6. The molecule has 0 rings (SSSR count). The number of carbonyl (C=O) groups is 2. The molecule has 1 amide bonds. The fourth-order valence-electron chi connectivity index (χ4n) is 10.6. The molecule has 6 heteroatoms. The van der Waals surface area contributed by atoms with Crippen LogP contribution in [-0.2, 0) is 14.3 Å². The van der Waals surface area contributed by atoms with Crippen LogP contribution in [0.3, 0.4) is 0 Å². The summed E-state index contributed by atoms with van der Waals surface area (Å²) in [5.74, 6) is -0.0655. The van der Waals surface area contributed by atoms with Gasteiger partial charge in [-0.1, -0.05) is 327 Å². The van der Waals surface area contributed by atoms with Crippen molar-refractivity contribution in [1.29, 1.82) is 0 Å². The summed E-state index contributed by atoms with van der Waals surface area (Å²) in [4.78, 5) is 24.5. The molecule has 0 spiro atoms. The number of amides is 1. The molecule has 74 heavy (non-hydrogen) atoms. The molecule has 0 aliphatic rings. The van der Waals surface area contributed by atoms with E-state index >= 15 is 0 Å². The molecule has 0 aliphatic carbocycles. The Morgan fingerprint density at radius 2 is 0.635 bits per heavy atom. The molecule has 0 fully saturated rings. The maximum atomic E-state index is 12.5. The highest BCUT2D eigenvalue weighted by Gasteiger charge is 2.18. The summed E-state index contributed by atoms with van der Waals surface area (Å²) in [6.45, 7) is 4.93. The van der Waals surface area contributed by atoms with E-state index in [2.05, 4.69) is 31.3 Å². The van der Waals surface area contributed by atoms with Crippen LogP contribution in [0.15, 0.2) is 24.3 Å². The van der Waals surface area contributed by atoms with Crippen LogP contribution in [-0.4, -0.2) is 47.4 Å². The number of ether oxygens (including phenoxy) is 1. The predicted octanol–water partition coefficient (Wildman–Crippen LogP) is 21.4. The maximum absolute atomic E-state index is 12.5. The van der Waals surface area contributed by atoms with Gasteiger partial charge in [-0.15, -0.1) is 0 Å². The van der Waals surface area contributed by atoms with Crippen molar-refractivity contribution in [2.24, 2.45) is 0 Å². The van der Waals surface area contributed by atoms with E-state index in [1.807, 2.05) is 6.08 Å². The van der Waals surface area contributed by atoms with Gasteiger partial charge in [-0.05, 0) is 57.8 Å². The highest BCUT2D eigenvalue weighted by molar-refractivity contribution is 5.76. The van der Waals surface area contributed by atoms with Gasteiger partial charge in [0.15, 0.2) is 0 Å². The van der Waals surface area contributed by atoms with Gasteiger partial charge in [0.05, 0.1) is 25.4 Å². The Morgan fingerprint density at radius 3 is 0.959 bits per heavy atom. The predicted molar refractivity (Wildman–Crippen MR) is 324 cm³/mol. The molecular weight excluding hydrogens is 911 g/mol. The average Bonchev–Trinajstić information content (AvgIpc) is 3.40. The zero-order valence-electron chi connectivity index (χ0n) is 50.1. The lowest BCUT2D eigenvalue weighted by Crippen LogP contribution is -2.45. The van der Waals surface area contributed by atoms with Crippen LogP contribution in [0.2, 0.25) is 0 Å². The number of nitrogens with one attached hydrogen (secondary N) is 1. The van der Waals surface area contributed by atoms with Gasteiger partial charge >= 0.3 is 5.97 Å². The number of allylic oxidation sites excluding steroid dienone is 3. The standard InChI is InChI=1S/C68H131NO5/c1-3-5-7-9-11-13-15-17-18-19-20-21-22-23-24-25-28-31-34-37-40-44-48-52-56-60-66(71)65(64-70)69-67(72)61-57-53-49-45-41-38-35-32-29-26-27-30-33-36-39-43-47-51-55-59-63-74-68(73)62-58-54-50-46-42-16-14-12-10-8-6-4-2/h26,29,56,60,65-66,70-71H,3-25,27-28,30-55,57-59,61-64H2,1-2H3,(H,69,72)/b29-26-,60-56+. The number of hydrogen-bond donors (Lipinski definition) is 3. The normalized spacial score (nSPS) is 12.6. The Labute approximate surface area is 462 Å². The Morgan fingerprint density at radius 1 is 0.365 bits per heavy atom. The molecule has 0 aromatic carbocycles. The van der Waals surface area contributed by atoms with E-state index in [9.17, 15) is 19.8 Å². The molecule has 0 aromatic heterocycles. The molecule has 3 N–H and O–H groups in total. The van der Waals surface area contributed by atoms with Crippen LogP contribution in [0.5, 0.6) is 0 Å². The Hall–Kier alpha value is -1.66. The average molecular weight is 1040 g/mol. The van der Waals surface area contributed by atoms with Gasteiger partial charge in [-0.2, -0.15) is 0 Å². The van der Waals surface area contributed by atoms with Crippen molar-refractivity contribution >= 4 is 11.9 Å². The second kappa shape index (κ2) is 63.9. The van der Waals surface area contributed by atoms with Crippen molar-refractivity contribution in [2.45, 2.75) is 386 Å². The fraction of sp³-hybridized carbons (Fsp3) is 0.912. The minimum atomic E-state index is -0.851.